The monoisotopic (exact) mass is 314 g/mol. The quantitative estimate of drug-likeness (QED) is 0.905. The zero-order chi connectivity index (χ0) is 13.4. The van der Waals surface area contributed by atoms with Gasteiger partial charge in [0.25, 0.3) is 0 Å². The number of halogens is 2. The predicted molar refractivity (Wildman–Crippen MR) is 71.3 cm³/mol. The van der Waals surface area contributed by atoms with Gasteiger partial charge in [0.15, 0.2) is 0 Å². The molecule has 1 saturated carbocycles. The molecule has 0 saturated heterocycles. The van der Waals surface area contributed by atoms with Crippen LogP contribution in [0.4, 0.5) is 4.39 Å². The predicted octanol–water partition coefficient (Wildman–Crippen LogP) is 4.17. The molecular weight excluding hydrogens is 299 g/mol. The van der Waals surface area contributed by atoms with Gasteiger partial charge in [-0.25, -0.2) is 4.39 Å². The third-order valence-corrected chi connectivity index (χ3v) is 4.47. The Hall–Kier alpha value is -0.900. The van der Waals surface area contributed by atoms with Crippen LogP contribution in [0.1, 0.15) is 41.9 Å². The Morgan fingerprint density at radius 1 is 1.56 bits per heavy atom. The summed E-state index contributed by atoms with van der Waals surface area (Å²) >= 11 is 3.42. The lowest BCUT2D eigenvalue weighted by atomic mass is 9.86. The summed E-state index contributed by atoms with van der Waals surface area (Å²) in [6.45, 7) is 3.56. The Morgan fingerprint density at radius 2 is 2.17 bits per heavy atom. The van der Waals surface area contributed by atoms with Gasteiger partial charge in [-0.2, -0.15) is 0 Å². The standard InChI is InChI=1S/C14H16BrFO2/c1-7-5-11(15)8(2)13(14(7)16)10(6-12(17)18)9-3-4-9/h5,9-10H,3-4,6H2,1-2H3,(H,17,18). The van der Waals surface area contributed by atoms with Crippen molar-refractivity contribution in [3.63, 3.8) is 0 Å². The maximum Gasteiger partial charge on any atom is 0.303 e. The number of benzene rings is 1. The molecule has 98 valence electrons. The van der Waals surface area contributed by atoms with Gasteiger partial charge in [0.05, 0.1) is 6.42 Å². The first-order valence-corrected chi connectivity index (χ1v) is 6.88. The molecule has 1 aliphatic rings. The first kappa shape index (κ1) is 13.5. The summed E-state index contributed by atoms with van der Waals surface area (Å²) in [5.74, 6) is -0.973. The topological polar surface area (TPSA) is 37.3 Å². The zero-order valence-corrected chi connectivity index (χ0v) is 12.1. The van der Waals surface area contributed by atoms with E-state index in [9.17, 15) is 9.18 Å². The molecule has 0 spiro atoms. The van der Waals surface area contributed by atoms with Gasteiger partial charge in [-0.3, -0.25) is 4.79 Å². The lowest BCUT2D eigenvalue weighted by Crippen LogP contribution is -2.13. The van der Waals surface area contributed by atoms with E-state index in [0.717, 1.165) is 22.9 Å². The summed E-state index contributed by atoms with van der Waals surface area (Å²) in [5.41, 5.74) is 1.99. The number of hydrogen-bond acceptors (Lipinski definition) is 1. The smallest absolute Gasteiger partial charge is 0.303 e. The number of carboxylic acid groups (broad SMARTS) is 1. The Balaban J connectivity index is 2.49. The number of rotatable bonds is 4. The van der Waals surface area contributed by atoms with Crippen LogP contribution in [0.5, 0.6) is 0 Å². The minimum absolute atomic E-state index is 0.0122. The molecule has 0 aliphatic heterocycles. The molecule has 1 aliphatic carbocycles. The highest BCUT2D eigenvalue weighted by Gasteiger charge is 2.36. The van der Waals surface area contributed by atoms with Crippen molar-refractivity contribution in [3.8, 4) is 0 Å². The summed E-state index contributed by atoms with van der Waals surface area (Å²) < 4.78 is 15.2. The molecule has 1 N–H and O–H groups in total. The largest absolute Gasteiger partial charge is 0.481 e. The number of carbonyl (C=O) groups is 1. The molecule has 18 heavy (non-hydrogen) atoms. The normalized spacial score (nSPS) is 16.7. The van der Waals surface area contributed by atoms with Crippen LogP contribution in [0, 0.1) is 25.6 Å². The highest BCUT2D eigenvalue weighted by Crippen LogP contribution is 2.47. The van der Waals surface area contributed by atoms with E-state index in [1.54, 1.807) is 13.0 Å². The molecule has 0 bridgehead atoms. The lowest BCUT2D eigenvalue weighted by Gasteiger charge is -2.20. The van der Waals surface area contributed by atoms with Gasteiger partial charge in [0.1, 0.15) is 5.82 Å². The van der Waals surface area contributed by atoms with E-state index in [4.69, 9.17) is 5.11 Å². The molecule has 0 amide bonds. The van der Waals surface area contributed by atoms with Crippen molar-refractivity contribution < 1.29 is 14.3 Å². The van der Waals surface area contributed by atoms with Crippen LogP contribution in [0.15, 0.2) is 10.5 Å². The Bertz CT molecular complexity index is 469. The SMILES string of the molecule is Cc1cc(Br)c(C)c(C(CC(=O)O)C2CC2)c1F. The number of aryl methyl sites for hydroxylation is 1. The average Bonchev–Trinajstić information content (AvgIpc) is 3.08. The first-order valence-electron chi connectivity index (χ1n) is 6.08. The second-order valence-corrected chi connectivity index (χ2v) is 5.92. The summed E-state index contributed by atoms with van der Waals surface area (Å²) in [6.07, 6.45) is 2.02. The van der Waals surface area contributed by atoms with Crippen LogP contribution >= 0.6 is 15.9 Å². The summed E-state index contributed by atoms with van der Waals surface area (Å²) in [4.78, 5) is 11.0. The summed E-state index contributed by atoms with van der Waals surface area (Å²) in [6, 6.07) is 1.75. The molecule has 1 atom stereocenters. The van der Waals surface area contributed by atoms with Crippen molar-refractivity contribution in [3.05, 3.63) is 33.0 Å². The van der Waals surface area contributed by atoms with Gasteiger partial charge in [0, 0.05) is 10.4 Å². The first-order chi connectivity index (χ1) is 8.41. The molecule has 2 nitrogen and oxygen atoms in total. The van der Waals surface area contributed by atoms with Crippen molar-refractivity contribution in [2.75, 3.05) is 0 Å². The average molecular weight is 315 g/mol. The third kappa shape index (κ3) is 2.58. The van der Waals surface area contributed by atoms with Gasteiger partial charge in [0.2, 0.25) is 0 Å². The second kappa shape index (κ2) is 5.00. The molecule has 1 fully saturated rings. The van der Waals surface area contributed by atoms with Crippen molar-refractivity contribution >= 4 is 21.9 Å². The fourth-order valence-corrected chi connectivity index (χ4v) is 3.06. The second-order valence-electron chi connectivity index (χ2n) is 5.07. The third-order valence-electron chi connectivity index (χ3n) is 3.64. The molecular formula is C14H16BrFO2. The Kier molecular flexibility index (Phi) is 3.76. The van der Waals surface area contributed by atoms with Crippen LogP contribution in [-0.4, -0.2) is 11.1 Å². The number of carboxylic acids is 1. The maximum absolute atomic E-state index is 14.3. The molecule has 2 rings (SSSR count). The minimum atomic E-state index is -0.858. The summed E-state index contributed by atoms with van der Waals surface area (Å²) in [5, 5.41) is 9.01. The van der Waals surface area contributed by atoms with Crippen LogP contribution in [0.3, 0.4) is 0 Å². The van der Waals surface area contributed by atoms with E-state index in [1.165, 1.54) is 0 Å². The van der Waals surface area contributed by atoms with Crippen LogP contribution < -0.4 is 0 Å². The van der Waals surface area contributed by atoms with Gasteiger partial charge in [-0.1, -0.05) is 15.9 Å². The van der Waals surface area contributed by atoms with Gasteiger partial charge < -0.3 is 5.11 Å². The Labute approximate surface area is 114 Å². The maximum atomic E-state index is 14.3. The van der Waals surface area contributed by atoms with E-state index in [0.29, 0.717) is 17.0 Å². The molecule has 1 aromatic carbocycles. The molecule has 4 heteroatoms. The molecule has 1 aromatic rings. The highest BCUT2D eigenvalue weighted by molar-refractivity contribution is 9.10. The molecule has 0 radical (unpaired) electrons. The lowest BCUT2D eigenvalue weighted by molar-refractivity contribution is -0.137. The minimum Gasteiger partial charge on any atom is -0.481 e. The van der Waals surface area contributed by atoms with E-state index >= 15 is 0 Å². The number of hydrogen-bond donors (Lipinski definition) is 1. The Morgan fingerprint density at radius 3 is 2.67 bits per heavy atom. The molecule has 0 aromatic heterocycles. The van der Waals surface area contributed by atoms with Crippen LogP contribution in [0.2, 0.25) is 0 Å². The van der Waals surface area contributed by atoms with E-state index < -0.39 is 5.97 Å². The van der Waals surface area contributed by atoms with Gasteiger partial charge >= 0.3 is 5.97 Å². The van der Waals surface area contributed by atoms with E-state index in [-0.39, 0.29) is 18.2 Å². The van der Waals surface area contributed by atoms with Crippen molar-refractivity contribution in [2.45, 2.75) is 39.0 Å². The summed E-state index contributed by atoms with van der Waals surface area (Å²) in [7, 11) is 0. The molecule has 0 heterocycles. The van der Waals surface area contributed by atoms with Crippen LogP contribution in [0.25, 0.3) is 0 Å². The fraction of sp³-hybridized carbons (Fsp3) is 0.500. The van der Waals surface area contributed by atoms with Gasteiger partial charge in [-0.15, -0.1) is 0 Å². The highest BCUT2D eigenvalue weighted by atomic mass is 79.9. The fourth-order valence-electron chi connectivity index (χ4n) is 2.50. The zero-order valence-electron chi connectivity index (χ0n) is 10.5. The van der Waals surface area contributed by atoms with Crippen molar-refractivity contribution in [1.29, 1.82) is 0 Å². The number of aliphatic carboxylic acids is 1. The van der Waals surface area contributed by atoms with Crippen molar-refractivity contribution in [1.82, 2.24) is 0 Å². The van der Waals surface area contributed by atoms with Gasteiger partial charge in [-0.05, 0) is 55.4 Å². The van der Waals surface area contributed by atoms with Crippen molar-refractivity contribution in [2.24, 2.45) is 5.92 Å². The van der Waals surface area contributed by atoms with E-state index in [2.05, 4.69) is 15.9 Å². The van der Waals surface area contributed by atoms with E-state index in [1.807, 2.05) is 6.92 Å². The van der Waals surface area contributed by atoms with Crippen LogP contribution in [-0.2, 0) is 4.79 Å². The molecule has 1 unspecified atom stereocenters.